The van der Waals surface area contributed by atoms with Gasteiger partial charge >= 0.3 is 0 Å². The van der Waals surface area contributed by atoms with Gasteiger partial charge in [-0.25, -0.2) is 0 Å². The Bertz CT molecular complexity index is 944. The van der Waals surface area contributed by atoms with Crippen molar-refractivity contribution in [1.29, 1.82) is 0 Å². The molecule has 0 fully saturated rings. The highest BCUT2D eigenvalue weighted by molar-refractivity contribution is 6.30. The number of ketones is 2. The number of aliphatic hydroxyl groups is 1. The van der Waals surface area contributed by atoms with Gasteiger partial charge in [-0.1, -0.05) is 19.1 Å². The number of hydrogen-bond acceptors (Lipinski definition) is 5. The number of phenolic OH excluding ortho intramolecular Hbond substituents is 2. The fourth-order valence-electron chi connectivity index (χ4n) is 3.92. The van der Waals surface area contributed by atoms with Gasteiger partial charge in [-0.15, -0.1) is 0 Å². The molecule has 2 aliphatic carbocycles. The maximum atomic E-state index is 12.9. The van der Waals surface area contributed by atoms with E-state index in [2.05, 4.69) is 0 Å². The molecule has 0 heterocycles. The van der Waals surface area contributed by atoms with Gasteiger partial charge in [0.25, 0.3) is 0 Å². The Kier molecular flexibility index (Phi) is 3.27. The van der Waals surface area contributed by atoms with Crippen LogP contribution in [-0.4, -0.2) is 32.5 Å². The Labute approximate surface area is 144 Å². The van der Waals surface area contributed by atoms with Crippen LogP contribution >= 0.6 is 0 Å². The molecule has 2 aromatic rings. The smallest absolute Gasteiger partial charge is 0.201 e. The highest BCUT2D eigenvalue weighted by Crippen LogP contribution is 2.43. The number of benzene rings is 2. The third kappa shape index (κ3) is 2.12. The van der Waals surface area contributed by atoms with Crippen LogP contribution in [0.25, 0.3) is 0 Å². The molecule has 0 aromatic heterocycles. The van der Waals surface area contributed by atoms with Crippen LogP contribution in [-0.2, 0) is 12.8 Å². The monoisotopic (exact) mass is 338 g/mol. The number of phenols is 2. The van der Waals surface area contributed by atoms with Crippen molar-refractivity contribution >= 4 is 11.6 Å². The topological polar surface area (TPSA) is 94.8 Å². The summed E-state index contributed by atoms with van der Waals surface area (Å²) in [7, 11) is 0. The van der Waals surface area contributed by atoms with E-state index in [1.165, 1.54) is 18.2 Å². The van der Waals surface area contributed by atoms with Gasteiger partial charge in [-0.05, 0) is 37.0 Å². The Hall–Kier alpha value is -2.66. The van der Waals surface area contributed by atoms with Crippen LogP contribution in [0.1, 0.15) is 62.7 Å². The number of hydrogen-bond donors (Lipinski definition) is 3. The average molecular weight is 338 g/mol. The maximum absolute atomic E-state index is 12.9. The van der Waals surface area contributed by atoms with E-state index in [-0.39, 0.29) is 46.0 Å². The minimum Gasteiger partial charge on any atom is -0.507 e. The van der Waals surface area contributed by atoms with Crippen molar-refractivity contribution in [2.75, 3.05) is 0 Å². The summed E-state index contributed by atoms with van der Waals surface area (Å²) in [5.74, 6) is -1.46. The highest BCUT2D eigenvalue weighted by atomic mass is 16.3. The molecule has 1 atom stereocenters. The van der Waals surface area contributed by atoms with Gasteiger partial charge in [0.05, 0.1) is 16.7 Å². The average Bonchev–Trinajstić information content (AvgIpc) is 2.60. The van der Waals surface area contributed by atoms with Crippen LogP contribution < -0.4 is 0 Å². The van der Waals surface area contributed by atoms with Crippen LogP contribution in [0, 0.1) is 0 Å². The van der Waals surface area contributed by atoms with Crippen molar-refractivity contribution in [3.63, 3.8) is 0 Å². The second-order valence-electron chi connectivity index (χ2n) is 6.90. The molecule has 0 bridgehead atoms. The van der Waals surface area contributed by atoms with E-state index in [9.17, 15) is 24.9 Å². The SMILES string of the molecule is CCC1(O)CCc2cc3c(c(O)c2C1)C(=O)c1c(O)cccc1C3=O. The van der Waals surface area contributed by atoms with Gasteiger partial charge in [-0.2, -0.15) is 0 Å². The van der Waals surface area contributed by atoms with Crippen LogP contribution in [0.2, 0.25) is 0 Å². The molecule has 0 aliphatic heterocycles. The summed E-state index contributed by atoms with van der Waals surface area (Å²) in [4.78, 5) is 25.7. The summed E-state index contributed by atoms with van der Waals surface area (Å²) in [5.41, 5.74) is 0.572. The van der Waals surface area contributed by atoms with E-state index in [0.29, 0.717) is 24.8 Å². The molecule has 0 radical (unpaired) electrons. The lowest BCUT2D eigenvalue weighted by Crippen LogP contribution is -2.35. The van der Waals surface area contributed by atoms with E-state index in [4.69, 9.17) is 0 Å². The molecular weight excluding hydrogens is 320 g/mol. The number of carbonyl (C=O) groups is 2. The third-order valence-electron chi connectivity index (χ3n) is 5.51. The molecule has 1 unspecified atom stereocenters. The summed E-state index contributed by atoms with van der Waals surface area (Å²) in [6.45, 7) is 1.88. The zero-order valence-corrected chi connectivity index (χ0v) is 13.8. The largest absolute Gasteiger partial charge is 0.507 e. The summed E-state index contributed by atoms with van der Waals surface area (Å²) in [6, 6.07) is 6.03. The predicted molar refractivity (Wildman–Crippen MR) is 90.3 cm³/mol. The predicted octanol–water partition coefficient (Wildman–Crippen LogP) is 2.50. The number of aromatic hydroxyl groups is 2. The van der Waals surface area contributed by atoms with E-state index in [0.717, 1.165) is 5.56 Å². The van der Waals surface area contributed by atoms with Crippen LogP contribution in [0.3, 0.4) is 0 Å². The van der Waals surface area contributed by atoms with Crippen molar-refractivity contribution in [3.05, 3.63) is 57.6 Å². The number of rotatable bonds is 1. The summed E-state index contributed by atoms with van der Waals surface area (Å²) >= 11 is 0. The first-order chi connectivity index (χ1) is 11.9. The summed E-state index contributed by atoms with van der Waals surface area (Å²) in [6.07, 6.45) is 1.87. The minimum absolute atomic E-state index is 0.0712. The van der Waals surface area contributed by atoms with Gasteiger partial charge < -0.3 is 15.3 Å². The number of fused-ring (bicyclic) bond motifs is 3. The molecule has 0 spiro atoms. The van der Waals surface area contributed by atoms with Gasteiger partial charge in [0.2, 0.25) is 5.78 Å². The van der Waals surface area contributed by atoms with Gasteiger partial charge in [0.1, 0.15) is 11.5 Å². The fourth-order valence-corrected chi connectivity index (χ4v) is 3.92. The normalized spacial score (nSPS) is 21.5. The fraction of sp³-hybridized carbons (Fsp3) is 0.300. The highest BCUT2D eigenvalue weighted by Gasteiger charge is 2.39. The second-order valence-corrected chi connectivity index (χ2v) is 6.90. The second kappa shape index (κ2) is 5.17. The van der Waals surface area contributed by atoms with Crippen molar-refractivity contribution in [2.24, 2.45) is 0 Å². The lowest BCUT2D eigenvalue weighted by atomic mass is 9.74. The first kappa shape index (κ1) is 15.8. The lowest BCUT2D eigenvalue weighted by Gasteiger charge is -2.34. The lowest BCUT2D eigenvalue weighted by molar-refractivity contribution is 0.0219. The molecule has 128 valence electrons. The van der Waals surface area contributed by atoms with Crippen LogP contribution in [0.15, 0.2) is 24.3 Å². The zero-order chi connectivity index (χ0) is 17.9. The van der Waals surface area contributed by atoms with E-state index in [1.807, 2.05) is 6.92 Å². The summed E-state index contributed by atoms with van der Waals surface area (Å²) < 4.78 is 0. The summed E-state index contributed by atoms with van der Waals surface area (Å²) in [5, 5.41) is 31.3. The van der Waals surface area contributed by atoms with Crippen LogP contribution in [0.4, 0.5) is 0 Å². The Morgan fingerprint density at radius 3 is 2.56 bits per heavy atom. The molecule has 4 rings (SSSR count). The Morgan fingerprint density at radius 1 is 1.08 bits per heavy atom. The van der Waals surface area contributed by atoms with E-state index < -0.39 is 11.4 Å². The molecule has 0 saturated heterocycles. The van der Waals surface area contributed by atoms with Gasteiger partial charge in [0, 0.05) is 23.1 Å². The zero-order valence-electron chi connectivity index (χ0n) is 13.8. The van der Waals surface area contributed by atoms with Crippen LogP contribution in [0.5, 0.6) is 11.5 Å². The molecule has 25 heavy (non-hydrogen) atoms. The quantitative estimate of drug-likeness (QED) is 0.634. The van der Waals surface area contributed by atoms with Gasteiger partial charge in [0.15, 0.2) is 5.78 Å². The number of aryl methyl sites for hydroxylation is 1. The molecule has 2 aromatic carbocycles. The Morgan fingerprint density at radius 2 is 1.84 bits per heavy atom. The van der Waals surface area contributed by atoms with Crippen molar-refractivity contribution in [1.82, 2.24) is 0 Å². The first-order valence-corrected chi connectivity index (χ1v) is 8.38. The molecule has 5 nitrogen and oxygen atoms in total. The van der Waals surface area contributed by atoms with Crippen molar-refractivity contribution < 1.29 is 24.9 Å². The van der Waals surface area contributed by atoms with Crippen molar-refractivity contribution in [2.45, 2.75) is 38.2 Å². The molecular formula is C20H18O5. The van der Waals surface area contributed by atoms with Gasteiger partial charge in [-0.3, -0.25) is 9.59 Å². The third-order valence-corrected chi connectivity index (χ3v) is 5.51. The van der Waals surface area contributed by atoms with Crippen molar-refractivity contribution in [3.8, 4) is 11.5 Å². The Balaban J connectivity index is 1.96. The number of carbonyl (C=O) groups excluding carboxylic acids is 2. The molecule has 0 saturated carbocycles. The molecule has 2 aliphatic rings. The molecule has 0 amide bonds. The molecule has 3 N–H and O–H groups in total. The first-order valence-electron chi connectivity index (χ1n) is 8.38. The van der Waals surface area contributed by atoms with E-state index in [1.54, 1.807) is 6.07 Å². The molecule has 5 heteroatoms. The minimum atomic E-state index is -0.916. The standard InChI is InChI=1S/C20H18O5/c1-2-20(25)7-6-10-8-12-16(18(23)13(10)9-20)19(24)15-11(17(12)22)4-3-5-14(15)21/h3-5,8,21,23,25H,2,6-7,9H2,1H3. The van der Waals surface area contributed by atoms with E-state index >= 15 is 0 Å². The maximum Gasteiger partial charge on any atom is 0.201 e.